The van der Waals surface area contributed by atoms with Crippen LogP contribution in [0.5, 0.6) is 0 Å². The van der Waals surface area contributed by atoms with E-state index in [1.807, 2.05) is 0 Å². The second kappa shape index (κ2) is 2.13. The van der Waals surface area contributed by atoms with Crippen molar-refractivity contribution in [3.63, 3.8) is 0 Å². The highest BCUT2D eigenvalue weighted by Crippen LogP contribution is 2.67. The molecule has 0 amide bonds. The largest absolute Gasteiger partial charge is 0.328 e. The van der Waals surface area contributed by atoms with Crippen molar-refractivity contribution in [3.8, 4) is 0 Å². The monoisotopic (exact) mass is 180 g/mol. The quantitative estimate of drug-likeness (QED) is 0.502. The normalized spacial score (nSPS) is 52.2. The van der Waals surface area contributed by atoms with E-state index in [0.717, 1.165) is 10.8 Å². The van der Waals surface area contributed by atoms with Gasteiger partial charge in [0.05, 0.1) is 27.2 Å². The van der Waals surface area contributed by atoms with E-state index in [-0.39, 0.29) is 0 Å². The Balaban J connectivity index is 2.03. The molecule has 1 heterocycles. The topological polar surface area (TPSA) is 0 Å². The van der Waals surface area contributed by atoms with Crippen molar-refractivity contribution in [2.24, 2.45) is 10.8 Å². The molecule has 0 aromatic rings. The van der Waals surface area contributed by atoms with E-state index >= 15 is 0 Å². The van der Waals surface area contributed by atoms with E-state index in [4.69, 9.17) is 0 Å². The van der Waals surface area contributed by atoms with E-state index in [1.54, 1.807) is 25.7 Å². The van der Waals surface area contributed by atoms with Gasteiger partial charge in [0.15, 0.2) is 0 Å². The molecule has 0 N–H and O–H groups in total. The summed E-state index contributed by atoms with van der Waals surface area (Å²) in [5.74, 6) is 0. The standard InChI is InChI=1S/C12H22N/c1-13(2)9-11-5-3-6-12(11,10-13)8-4-7-11/h3-10H2,1-2H3/q+1. The molecule has 2 saturated carbocycles. The van der Waals surface area contributed by atoms with E-state index in [9.17, 15) is 0 Å². The molecule has 1 saturated heterocycles. The smallest absolute Gasteiger partial charge is 0.0847 e. The van der Waals surface area contributed by atoms with E-state index in [2.05, 4.69) is 14.1 Å². The van der Waals surface area contributed by atoms with Gasteiger partial charge in [0.2, 0.25) is 0 Å². The molecule has 0 spiro atoms. The van der Waals surface area contributed by atoms with Gasteiger partial charge in [-0.05, 0) is 25.7 Å². The summed E-state index contributed by atoms with van der Waals surface area (Å²) in [6, 6.07) is 0. The summed E-state index contributed by atoms with van der Waals surface area (Å²) in [5, 5.41) is 0. The summed E-state index contributed by atoms with van der Waals surface area (Å²) in [6.45, 7) is 2.96. The molecule has 0 bridgehead atoms. The second-order valence-corrected chi connectivity index (χ2v) is 6.52. The highest BCUT2D eigenvalue weighted by Gasteiger charge is 2.66. The molecule has 0 unspecified atom stereocenters. The lowest BCUT2D eigenvalue weighted by molar-refractivity contribution is -0.884. The first-order valence-electron chi connectivity index (χ1n) is 5.90. The molecule has 1 nitrogen and oxygen atoms in total. The fraction of sp³-hybridized carbons (Fsp3) is 1.00. The zero-order chi connectivity index (χ0) is 9.16. The van der Waals surface area contributed by atoms with Gasteiger partial charge in [0, 0.05) is 10.8 Å². The van der Waals surface area contributed by atoms with Crippen molar-refractivity contribution in [1.82, 2.24) is 0 Å². The van der Waals surface area contributed by atoms with Crippen LogP contribution in [0.2, 0.25) is 0 Å². The third kappa shape index (κ3) is 0.869. The average Bonchev–Trinajstić information content (AvgIpc) is 2.42. The molecule has 2 aliphatic carbocycles. The molecule has 1 aliphatic heterocycles. The summed E-state index contributed by atoms with van der Waals surface area (Å²) in [6.07, 6.45) is 9.26. The number of likely N-dealkylation sites (tertiary alicyclic amines) is 1. The highest BCUT2D eigenvalue weighted by molar-refractivity contribution is 5.09. The third-order valence-electron chi connectivity index (χ3n) is 5.21. The van der Waals surface area contributed by atoms with Gasteiger partial charge < -0.3 is 4.48 Å². The average molecular weight is 180 g/mol. The number of quaternary nitrogens is 1. The molecule has 0 radical (unpaired) electrons. The maximum Gasteiger partial charge on any atom is 0.0847 e. The van der Waals surface area contributed by atoms with Crippen LogP contribution in [0.25, 0.3) is 0 Å². The molecule has 3 fully saturated rings. The van der Waals surface area contributed by atoms with Gasteiger partial charge in [-0.1, -0.05) is 12.8 Å². The van der Waals surface area contributed by atoms with Gasteiger partial charge in [-0.2, -0.15) is 0 Å². The summed E-state index contributed by atoms with van der Waals surface area (Å²) < 4.78 is 1.31. The molecule has 3 aliphatic rings. The van der Waals surface area contributed by atoms with Crippen molar-refractivity contribution in [1.29, 1.82) is 0 Å². The molecule has 0 aromatic carbocycles. The zero-order valence-corrected chi connectivity index (χ0v) is 9.10. The predicted molar refractivity (Wildman–Crippen MR) is 54.4 cm³/mol. The third-order valence-corrected chi connectivity index (χ3v) is 5.21. The van der Waals surface area contributed by atoms with Crippen LogP contribution in [-0.2, 0) is 0 Å². The molecule has 1 heteroatoms. The van der Waals surface area contributed by atoms with Gasteiger partial charge in [0.1, 0.15) is 0 Å². The van der Waals surface area contributed by atoms with E-state index < -0.39 is 0 Å². The maximum absolute atomic E-state index is 2.44. The van der Waals surface area contributed by atoms with Crippen molar-refractivity contribution < 1.29 is 4.48 Å². The number of rotatable bonds is 0. The molecular formula is C12H22N+. The molecule has 0 atom stereocenters. The van der Waals surface area contributed by atoms with E-state index in [0.29, 0.717) is 0 Å². The van der Waals surface area contributed by atoms with Crippen LogP contribution in [-0.4, -0.2) is 31.7 Å². The minimum absolute atomic E-state index is 0.802. The molecule has 74 valence electrons. The van der Waals surface area contributed by atoms with Crippen molar-refractivity contribution in [3.05, 3.63) is 0 Å². The molecule has 0 aromatic heterocycles. The van der Waals surface area contributed by atoms with Gasteiger partial charge in [-0.25, -0.2) is 0 Å². The Morgan fingerprint density at radius 2 is 1.15 bits per heavy atom. The first-order valence-corrected chi connectivity index (χ1v) is 5.90. The Kier molecular flexibility index (Phi) is 1.36. The first kappa shape index (κ1) is 8.28. The van der Waals surface area contributed by atoms with Gasteiger partial charge in [-0.3, -0.25) is 0 Å². The Bertz CT molecular complexity index is 210. The Morgan fingerprint density at radius 3 is 1.54 bits per heavy atom. The summed E-state index contributed by atoms with van der Waals surface area (Å²) in [5.41, 5.74) is 1.60. The fourth-order valence-corrected chi connectivity index (χ4v) is 5.19. The Morgan fingerprint density at radius 1 is 0.769 bits per heavy atom. The predicted octanol–water partition coefficient (Wildman–Crippen LogP) is 2.42. The Labute approximate surface area is 81.7 Å². The number of hydrogen-bond donors (Lipinski definition) is 0. The van der Waals surface area contributed by atoms with Crippen molar-refractivity contribution in [2.45, 2.75) is 38.5 Å². The minimum atomic E-state index is 0.802. The van der Waals surface area contributed by atoms with Crippen LogP contribution in [0.4, 0.5) is 0 Å². The van der Waals surface area contributed by atoms with Crippen LogP contribution in [0.15, 0.2) is 0 Å². The van der Waals surface area contributed by atoms with E-state index in [1.165, 1.54) is 30.4 Å². The lowest BCUT2D eigenvalue weighted by Gasteiger charge is -2.28. The van der Waals surface area contributed by atoms with Gasteiger partial charge in [0.25, 0.3) is 0 Å². The van der Waals surface area contributed by atoms with Crippen LogP contribution < -0.4 is 0 Å². The lowest BCUT2D eigenvalue weighted by atomic mass is 9.71. The lowest BCUT2D eigenvalue weighted by Crippen LogP contribution is -2.39. The number of hydrogen-bond acceptors (Lipinski definition) is 0. The zero-order valence-electron chi connectivity index (χ0n) is 9.10. The Hall–Kier alpha value is -0.0400. The van der Waals surface area contributed by atoms with Crippen LogP contribution in [0, 0.1) is 10.8 Å². The van der Waals surface area contributed by atoms with Crippen molar-refractivity contribution >= 4 is 0 Å². The van der Waals surface area contributed by atoms with Gasteiger partial charge >= 0.3 is 0 Å². The number of nitrogens with zero attached hydrogens (tertiary/aromatic N) is 1. The summed E-state index contributed by atoms with van der Waals surface area (Å²) in [7, 11) is 4.88. The minimum Gasteiger partial charge on any atom is -0.328 e. The summed E-state index contributed by atoms with van der Waals surface area (Å²) >= 11 is 0. The second-order valence-electron chi connectivity index (χ2n) is 6.52. The van der Waals surface area contributed by atoms with Crippen LogP contribution >= 0.6 is 0 Å². The molecular weight excluding hydrogens is 158 g/mol. The van der Waals surface area contributed by atoms with Crippen LogP contribution in [0.1, 0.15) is 38.5 Å². The maximum atomic E-state index is 2.44. The van der Waals surface area contributed by atoms with Crippen LogP contribution in [0.3, 0.4) is 0 Å². The molecule has 3 rings (SSSR count). The fourth-order valence-electron chi connectivity index (χ4n) is 5.19. The molecule has 13 heavy (non-hydrogen) atoms. The van der Waals surface area contributed by atoms with Crippen molar-refractivity contribution in [2.75, 3.05) is 27.2 Å². The van der Waals surface area contributed by atoms with Gasteiger partial charge in [-0.15, -0.1) is 0 Å². The SMILES string of the molecule is C[N+]1(C)CC23CCCC2(CCC3)C1. The summed E-state index contributed by atoms with van der Waals surface area (Å²) in [4.78, 5) is 0. The first-order chi connectivity index (χ1) is 6.08. The highest BCUT2D eigenvalue weighted by atomic mass is 15.3.